The molecule has 1 amide bonds. The van der Waals surface area contributed by atoms with Gasteiger partial charge in [-0.15, -0.1) is 0 Å². The van der Waals surface area contributed by atoms with Crippen LogP contribution in [0.15, 0.2) is 54.6 Å². The number of aryl methyl sites for hydroxylation is 2. The van der Waals surface area contributed by atoms with Gasteiger partial charge in [-0.1, -0.05) is 18.2 Å². The molecule has 1 N–H and O–H groups in total. The third kappa shape index (κ3) is 3.55. The minimum absolute atomic E-state index is 0.304. The molecule has 0 saturated heterocycles. The molecule has 0 aliphatic carbocycles. The molecule has 0 atom stereocenters. The number of hydrogen-bond acceptors (Lipinski definition) is 5. The normalized spacial score (nSPS) is 12.8. The molecule has 6 heteroatoms. The number of para-hydroxylation sites is 1. The minimum Gasteiger partial charge on any atom is -0.321 e. The monoisotopic (exact) mass is 369 g/mol. The number of amides is 1. The average Bonchev–Trinajstić information content (AvgIpc) is 2.73. The second kappa shape index (κ2) is 7.49. The largest absolute Gasteiger partial charge is 0.321 e. The summed E-state index contributed by atoms with van der Waals surface area (Å²) in [5.41, 5.74) is 4.57. The molecular formula is C22H19N5O. The fraction of sp³-hybridized carbons (Fsp3) is 0.182. The van der Waals surface area contributed by atoms with Crippen LogP contribution in [0.3, 0.4) is 0 Å². The molecule has 0 radical (unpaired) electrons. The number of hydrogen-bond donors (Lipinski definition) is 1. The highest BCUT2D eigenvalue weighted by molar-refractivity contribution is 6.03. The van der Waals surface area contributed by atoms with Crippen LogP contribution in [0.1, 0.15) is 33.7 Å². The molecule has 0 unspecified atom stereocenters. The van der Waals surface area contributed by atoms with Crippen molar-refractivity contribution in [2.45, 2.75) is 19.8 Å². The highest BCUT2D eigenvalue weighted by Gasteiger charge is 2.21. The summed E-state index contributed by atoms with van der Waals surface area (Å²) in [6.45, 7) is 2.68. The van der Waals surface area contributed by atoms with Crippen molar-refractivity contribution in [3.63, 3.8) is 0 Å². The van der Waals surface area contributed by atoms with Gasteiger partial charge in [0.15, 0.2) is 0 Å². The summed E-state index contributed by atoms with van der Waals surface area (Å²) in [6, 6.07) is 18.7. The fourth-order valence-electron chi connectivity index (χ4n) is 3.35. The van der Waals surface area contributed by atoms with Crippen molar-refractivity contribution < 1.29 is 4.79 Å². The molecule has 0 saturated carbocycles. The Kier molecular flexibility index (Phi) is 4.73. The summed E-state index contributed by atoms with van der Waals surface area (Å²) in [6.07, 6.45) is 2.05. The molecule has 0 fully saturated rings. The molecule has 1 aromatic heterocycles. The van der Waals surface area contributed by atoms with Crippen molar-refractivity contribution in [2.24, 2.45) is 0 Å². The molecule has 2 heterocycles. The number of fused-ring (bicyclic) bond motifs is 1. The maximum Gasteiger partial charge on any atom is 0.274 e. The van der Waals surface area contributed by atoms with E-state index in [4.69, 9.17) is 5.26 Å². The second-order valence-electron chi connectivity index (χ2n) is 6.72. The molecule has 138 valence electrons. The zero-order valence-electron chi connectivity index (χ0n) is 15.5. The lowest BCUT2D eigenvalue weighted by molar-refractivity contribution is 0.102. The molecule has 28 heavy (non-hydrogen) atoms. The Balaban J connectivity index is 1.62. The molecule has 0 bridgehead atoms. The fourth-order valence-corrected chi connectivity index (χ4v) is 3.35. The summed E-state index contributed by atoms with van der Waals surface area (Å²) < 4.78 is 0. The first-order chi connectivity index (χ1) is 13.6. The summed E-state index contributed by atoms with van der Waals surface area (Å²) in [7, 11) is 0. The maximum absolute atomic E-state index is 12.7. The molecule has 2 aromatic carbocycles. The number of benzene rings is 2. The Morgan fingerprint density at radius 2 is 1.93 bits per heavy atom. The third-order valence-electron chi connectivity index (χ3n) is 4.70. The van der Waals surface area contributed by atoms with Crippen LogP contribution in [0.4, 0.5) is 17.3 Å². The van der Waals surface area contributed by atoms with Gasteiger partial charge in [0.25, 0.3) is 5.91 Å². The van der Waals surface area contributed by atoms with Gasteiger partial charge in [0.1, 0.15) is 5.69 Å². The van der Waals surface area contributed by atoms with E-state index in [1.807, 2.05) is 19.1 Å². The predicted molar refractivity (Wildman–Crippen MR) is 108 cm³/mol. The van der Waals surface area contributed by atoms with Crippen LogP contribution in [-0.4, -0.2) is 22.4 Å². The van der Waals surface area contributed by atoms with Gasteiger partial charge in [0.2, 0.25) is 5.95 Å². The highest BCUT2D eigenvalue weighted by atomic mass is 16.1. The highest BCUT2D eigenvalue weighted by Crippen LogP contribution is 2.31. The van der Waals surface area contributed by atoms with Crippen molar-refractivity contribution in [2.75, 3.05) is 16.8 Å². The SMILES string of the molecule is Cc1cc(C(=O)Nc2ccc(C#N)cc2)nc(N2CCCc3ccccc32)n1. The first kappa shape index (κ1) is 17.7. The molecule has 3 aromatic rings. The summed E-state index contributed by atoms with van der Waals surface area (Å²) in [5.74, 6) is 0.235. The van der Waals surface area contributed by atoms with Crippen LogP contribution in [0.25, 0.3) is 0 Å². The van der Waals surface area contributed by atoms with Crippen molar-refractivity contribution in [1.29, 1.82) is 5.26 Å². The molecule has 1 aliphatic heterocycles. The molecule has 4 rings (SSSR count). The van der Waals surface area contributed by atoms with Gasteiger partial charge < -0.3 is 10.2 Å². The Morgan fingerprint density at radius 1 is 1.14 bits per heavy atom. The summed E-state index contributed by atoms with van der Waals surface area (Å²) in [4.78, 5) is 23.9. The van der Waals surface area contributed by atoms with E-state index in [0.717, 1.165) is 30.8 Å². The van der Waals surface area contributed by atoms with Crippen LogP contribution >= 0.6 is 0 Å². The average molecular weight is 369 g/mol. The van der Waals surface area contributed by atoms with E-state index in [1.54, 1.807) is 30.3 Å². The first-order valence-electron chi connectivity index (χ1n) is 9.17. The maximum atomic E-state index is 12.7. The van der Waals surface area contributed by atoms with E-state index in [1.165, 1.54) is 5.56 Å². The van der Waals surface area contributed by atoms with Gasteiger partial charge >= 0.3 is 0 Å². The number of rotatable bonds is 3. The van der Waals surface area contributed by atoms with E-state index < -0.39 is 0 Å². The van der Waals surface area contributed by atoms with Gasteiger partial charge in [-0.05, 0) is 61.7 Å². The zero-order valence-corrected chi connectivity index (χ0v) is 15.5. The van der Waals surface area contributed by atoms with Crippen molar-refractivity contribution in [1.82, 2.24) is 9.97 Å². The predicted octanol–water partition coefficient (Wildman–Crippen LogP) is 3.99. The van der Waals surface area contributed by atoms with Crippen LogP contribution in [0.2, 0.25) is 0 Å². The zero-order chi connectivity index (χ0) is 19.5. The van der Waals surface area contributed by atoms with E-state index in [0.29, 0.717) is 22.9 Å². The Morgan fingerprint density at radius 3 is 2.71 bits per heavy atom. The van der Waals surface area contributed by atoms with Gasteiger partial charge in [0, 0.05) is 23.6 Å². The van der Waals surface area contributed by atoms with Gasteiger partial charge in [-0.25, -0.2) is 9.97 Å². The number of anilines is 3. The number of nitrogens with one attached hydrogen (secondary N) is 1. The van der Waals surface area contributed by atoms with E-state index >= 15 is 0 Å². The molecular weight excluding hydrogens is 350 g/mol. The van der Waals surface area contributed by atoms with Crippen molar-refractivity contribution in [3.05, 3.63) is 77.1 Å². The molecule has 0 spiro atoms. The first-order valence-corrected chi connectivity index (χ1v) is 9.17. The molecule has 6 nitrogen and oxygen atoms in total. The van der Waals surface area contributed by atoms with Crippen molar-refractivity contribution >= 4 is 23.2 Å². The smallest absolute Gasteiger partial charge is 0.274 e. The number of carbonyl (C=O) groups excluding carboxylic acids is 1. The Bertz CT molecular complexity index is 1070. The van der Waals surface area contributed by atoms with Crippen LogP contribution < -0.4 is 10.2 Å². The number of nitriles is 1. The van der Waals surface area contributed by atoms with Crippen LogP contribution in [-0.2, 0) is 6.42 Å². The van der Waals surface area contributed by atoms with E-state index in [9.17, 15) is 4.79 Å². The van der Waals surface area contributed by atoms with Crippen LogP contribution in [0, 0.1) is 18.3 Å². The number of aromatic nitrogens is 2. The van der Waals surface area contributed by atoms with E-state index in [2.05, 4.69) is 38.4 Å². The molecule has 1 aliphatic rings. The van der Waals surface area contributed by atoms with Crippen molar-refractivity contribution in [3.8, 4) is 6.07 Å². The Labute approximate surface area is 163 Å². The topological polar surface area (TPSA) is 81.9 Å². The number of carbonyl (C=O) groups is 1. The lowest BCUT2D eigenvalue weighted by Crippen LogP contribution is -2.27. The minimum atomic E-state index is -0.304. The summed E-state index contributed by atoms with van der Waals surface area (Å²) >= 11 is 0. The van der Waals surface area contributed by atoms with Crippen LogP contribution in [0.5, 0.6) is 0 Å². The summed E-state index contributed by atoms with van der Waals surface area (Å²) in [5, 5.41) is 11.7. The quantitative estimate of drug-likeness (QED) is 0.755. The van der Waals surface area contributed by atoms with Gasteiger partial charge in [-0.3, -0.25) is 4.79 Å². The third-order valence-corrected chi connectivity index (χ3v) is 4.70. The van der Waals surface area contributed by atoms with Gasteiger partial charge in [-0.2, -0.15) is 5.26 Å². The van der Waals surface area contributed by atoms with E-state index in [-0.39, 0.29) is 5.91 Å². The lowest BCUT2D eigenvalue weighted by Gasteiger charge is -2.29. The number of nitrogens with zero attached hydrogens (tertiary/aromatic N) is 4. The second-order valence-corrected chi connectivity index (χ2v) is 6.72. The Hall–Kier alpha value is -3.72. The lowest BCUT2D eigenvalue weighted by atomic mass is 10.0. The van der Waals surface area contributed by atoms with Gasteiger partial charge in [0.05, 0.1) is 11.6 Å². The standard InChI is InChI=1S/C22H19N5O/c1-15-13-19(21(28)25-18-10-8-16(14-23)9-11-18)26-22(24-15)27-12-4-6-17-5-2-3-7-20(17)27/h2-3,5,7-11,13H,4,6,12H2,1H3,(H,25,28).